The first-order valence-corrected chi connectivity index (χ1v) is 12.0. The summed E-state index contributed by atoms with van der Waals surface area (Å²) in [7, 11) is 1.35. The highest BCUT2D eigenvalue weighted by atomic mass is 35.5. The van der Waals surface area contributed by atoms with E-state index in [0.29, 0.717) is 36.9 Å². The lowest BCUT2D eigenvalue weighted by Gasteiger charge is -1.89. The Morgan fingerprint density at radius 2 is 1.21 bits per heavy atom. The first-order chi connectivity index (χ1) is 16.6. The van der Waals surface area contributed by atoms with Crippen LogP contribution in [0.4, 0.5) is 0 Å². The fourth-order valence-electron chi connectivity index (χ4n) is 2.39. The Bertz CT molecular complexity index is 768. The summed E-state index contributed by atoms with van der Waals surface area (Å²) in [5, 5.41) is 0. The molecule has 5 heterocycles. The van der Waals surface area contributed by atoms with Gasteiger partial charge >= 0.3 is 5.97 Å². The lowest BCUT2D eigenvalue weighted by molar-refractivity contribution is -0.142. The van der Waals surface area contributed by atoms with E-state index in [-0.39, 0.29) is 12.1 Å². The summed E-state index contributed by atoms with van der Waals surface area (Å²) in [5.74, 6) is 0.403. The molecule has 186 valence electrons. The topological polar surface area (TPSA) is 89.0 Å². The van der Waals surface area contributed by atoms with Crippen molar-refractivity contribution in [3.8, 4) is 0 Å². The number of hydrogen-bond donors (Lipinski definition) is 0. The molecular weight excluding hydrogens is 460 g/mol. The zero-order valence-electron chi connectivity index (χ0n) is 19.6. The van der Waals surface area contributed by atoms with Gasteiger partial charge in [0, 0.05) is 0 Å². The molecule has 0 unspecified atom stereocenters. The van der Waals surface area contributed by atoms with Gasteiger partial charge in [0.25, 0.3) is 0 Å². The minimum Gasteiger partial charge on any atom is -0.467 e. The lowest BCUT2D eigenvalue weighted by atomic mass is 10.2. The van der Waals surface area contributed by atoms with Gasteiger partial charge in [-0.3, -0.25) is 0 Å². The van der Waals surface area contributed by atoms with E-state index in [1.807, 2.05) is 36.4 Å². The summed E-state index contributed by atoms with van der Waals surface area (Å²) in [6.07, 6.45) is 1.55. The molecular formula is C26H33ClO7. The van der Waals surface area contributed by atoms with Crippen LogP contribution in [0.15, 0.2) is 60.7 Å². The van der Waals surface area contributed by atoms with Gasteiger partial charge in [0.1, 0.15) is 12.2 Å². The molecule has 5 fully saturated rings. The standard InChI is InChI=1S/2C8H8O.C4H6O3.C3H5ClO.C3H6O/c2*1-2-4-7(5-3-1)8-6-9-8;1-6-4(5)3-2-7-3;4-1-3-2-5-3;1-3-2-4-3/h2*1-5,8H,6H2;3H,2H2,1H3;3H,1-2H2;3H,2H2,1H3/t2*8-;3*3-/m10000/s1. The molecule has 5 atom stereocenters. The third kappa shape index (κ3) is 12.5. The quantitative estimate of drug-likeness (QED) is 0.360. The Hall–Kier alpha value is -2.00. The molecule has 34 heavy (non-hydrogen) atoms. The van der Waals surface area contributed by atoms with Gasteiger partial charge in [0.05, 0.1) is 58.2 Å². The van der Waals surface area contributed by atoms with Crippen LogP contribution in [0.2, 0.25) is 0 Å². The number of carbonyl (C=O) groups is 1. The highest BCUT2D eigenvalue weighted by Crippen LogP contribution is 2.29. The molecule has 2 aromatic carbocycles. The van der Waals surface area contributed by atoms with Crippen LogP contribution in [-0.2, 0) is 33.2 Å². The number of methoxy groups -OCH3 is 1. The average molecular weight is 493 g/mol. The zero-order chi connectivity index (χ0) is 24.2. The predicted octanol–water partition coefficient (Wildman–Crippen LogP) is 4.10. The molecule has 0 saturated carbocycles. The molecule has 2 aromatic rings. The maximum atomic E-state index is 10.2. The fraction of sp³-hybridized carbons (Fsp3) is 0.500. The van der Waals surface area contributed by atoms with Gasteiger partial charge in [-0.05, 0) is 18.1 Å². The van der Waals surface area contributed by atoms with Crippen molar-refractivity contribution in [3.05, 3.63) is 71.8 Å². The summed E-state index contributed by atoms with van der Waals surface area (Å²) in [5.41, 5.74) is 2.61. The summed E-state index contributed by atoms with van der Waals surface area (Å²) in [6.45, 7) is 6.27. The minimum atomic E-state index is -0.264. The molecule has 5 aliphatic heterocycles. The second-order valence-electron chi connectivity index (χ2n) is 8.06. The van der Waals surface area contributed by atoms with Gasteiger partial charge in [0.15, 0.2) is 6.10 Å². The Kier molecular flexibility index (Phi) is 11.3. The Morgan fingerprint density at radius 3 is 1.38 bits per heavy atom. The maximum absolute atomic E-state index is 10.2. The first-order valence-electron chi connectivity index (χ1n) is 11.4. The van der Waals surface area contributed by atoms with Crippen LogP contribution in [0.3, 0.4) is 0 Å². The van der Waals surface area contributed by atoms with E-state index in [0.717, 1.165) is 26.4 Å². The minimum absolute atomic E-state index is 0.245. The summed E-state index contributed by atoms with van der Waals surface area (Å²) in [6, 6.07) is 20.6. The Labute approximate surface area is 206 Å². The molecule has 8 heteroatoms. The molecule has 0 N–H and O–H groups in total. The second kappa shape index (κ2) is 14.4. The van der Waals surface area contributed by atoms with Crippen molar-refractivity contribution in [3.63, 3.8) is 0 Å². The molecule has 0 aliphatic carbocycles. The van der Waals surface area contributed by atoms with E-state index in [2.05, 4.69) is 40.7 Å². The summed E-state index contributed by atoms with van der Waals surface area (Å²) in [4.78, 5) is 10.2. The molecule has 7 nitrogen and oxygen atoms in total. The van der Waals surface area contributed by atoms with Crippen LogP contribution in [-0.4, -0.2) is 70.3 Å². The van der Waals surface area contributed by atoms with E-state index in [1.54, 1.807) is 0 Å². The maximum Gasteiger partial charge on any atom is 0.337 e. The van der Waals surface area contributed by atoms with Crippen molar-refractivity contribution in [1.82, 2.24) is 0 Å². The van der Waals surface area contributed by atoms with Crippen LogP contribution in [0.25, 0.3) is 0 Å². The van der Waals surface area contributed by atoms with Crippen LogP contribution in [0.5, 0.6) is 0 Å². The Morgan fingerprint density at radius 1 is 0.794 bits per heavy atom. The monoisotopic (exact) mass is 492 g/mol. The van der Waals surface area contributed by atoms with Gasteiger partial charge < -0.3 is 28.4 Å². The molecule has 0 amide bonds. The van der Waals surface area contributed by atoms with Crippen molar-refractivity contribution >= 4 is 17.6 Å². The number of carbonyl (C=O) groups excluding carboxylic acids is 1. The van der Waals surface area contributed by atoms with Gasteiger partial charge in [0.2, 0.25) is 0 Å². The lowest BCUT2D eigenvalue weighted by Crippen LogP contribution is -2.07. The van der Waals surface area contributed by atoms with Gasteiger partial charge in [-0.15, -0.1) is 11.6 Å². The number of halogens is 1. The normalized spacial score (nSPS) is 27.8. The number of ether oxygens (including phenoxy) is 6. The third-order valence-corrected chi connectivity index (χ3v) is 5.23. The molecule has 7 rings (SSSR count). The van der Waals surface area contributed by atoms with E-state index in [4.69, 9.17) is 30.5 Å². The van der Waals surface area contributed by atoms with E-state index in [1.165, 1.54) is 18.2 Å². The summed E-state index contributed by atoms with van der Waals surface area (Å²) < 4.78 is 28.5. The van der Waals surface area contributed by atoms with Crippen molar-refractivity contribution in [2.45, 2.75) is 37.4 Å². The molecule has 5 aliphatic rings. The van der Waals surface area contributed by atoms with Crippen LogP contribution < -0.4 is 0 Å². The highest BCUT2D eigenvalue weighted by Gasteiger charge is 2.32. The van der Waals surface area contributed by atoms with Crippen LogP contribution >= 0.6 is 11.6 Å². The number of alkyl halides is 1. The Balaban J connectivity index is 0.000000123. The SMILES string of the molecule is COC(=O)[C@@H]1CO1.C[C@H]1CO1.ClC[C@H]1CO1.c1ccc([C@@H]2CO2)cc1.c1ccc([C@H]2CO2)cc1. The molecule has 0 radical (unpaired) electrons. The fourth-order valence-corrected chi connectivity index (χ4v) is 2.56. The van der Waals surface area contributed by atoms with Crippen LogP contribution in [0.1, 0.15) is 30.3 Å². The van der Waals surface area contributed by atoms with E-state index in [9.17, 15) is 4.79 Å². The first kappa shape index (κ1) is 26.6. The van der Waals surface area contributed by atoms with Crippen molar-refractivity contribution < 1.29 is 33.2 Å². The average Bonchev–Trinajstić information content (AvgIpc) is 3.69. The third-order valence-electron chi connectivity index (χ3n) is 4.88. The van der Waals surface area contributed by atoms with Gasteiger partial charge in [-0.25, -0.2) is 4.79 Å². The van der Waals surface area contributed by atoms with Crippen LogP contribution in [0, 0.1) is 0 Å². The van der Waals surface area contributed by atoms with E-state index >= 15 is 0 Å². The van der Waals surface area contributed by atoms with Crippen molar-refractivity contribution in [1.29, 1.82) is 0 Å². The number of rotatable bonds is 4. The predicted molar refractivity (Wildman–Crippen MR) is 128 cm³/mol. The van der Waals surface area contributed by atoms with Crippen molar-refractivity contribution in [2.24, 2.45) is 0 Å². The molecule has 0 bridgehead atoms. The largest absolute Gasteiger partial charge is 0.467 e. The number of esters is 1. The zero-order valence-corrected chi connectivity index (χ0v) is 20.4. The number of benzene rings is 2. The van der Waals surface area contributed by atoms with Crippen molar-refractivity contribution in [2.75, 3.05) is 46.0 Å². The second-order valence-corrected chi connectivity index (χ2v) is 8.37. The smallest absolute Gasteiger partial charge is 0.337 e. The highest BCUT2D eigenvalue weighted by molar-refractivity contribution is 6.18. The number of hydrogen-bond acceptors (Lipinski definition) is 7. The van der Waals surface area contributed by atoms with Gasteiger partial charge in [-0.2, -0.15) is 0 Å². The number of epoxide rings is 5. The molecule has 5 saturated heterocycles. The molecule has 0 spiro atoms. The summed E-state index contributed by atoms with van der Waals surface area (Å²) >= 11 is 5.27. The molecule has 0 aromatic heterocycles. The van der Waals surface area contributed by atoms with Gasteiger partial charge in [-0.1, -0.05) is 60.7 Å². The van der Waals surface area contributed by atoms with E-state index < -0.39 is 0 Å².